The monoisotopic (exact) mass is 368 g/mol. The molecule has 1 amide bonds. The lowest BCUT2D eigenvalue weighted by molar-refractivity contribution is 0.0929. The van der Waals surface area contributed by atoms with Gasteiger partial charge in [0.1, 0.15) is 5.69 Å². The Bertz CT molecular complexity index is 651. The molecule has 3 nitrogen and oxygen atoms in total. The summed E-state index contributed by atoms with van der Waals surface area (Å²) in [6.07, 6.45) is 1.92. The fraction of sp³-hybridized carbons (Fsp3) is 0.312. The zero-order chi connectivity index (χ0) is 15.6. The number of nitrogens with zero attached hydrogens (tertiary/aromatic N) is 1. The Morgan fingerprint density at radius 3 is 2.57 bits per heavy atom. The van der Waals surface area contributed by atoms with Gasteiger partial charge in [-0.25, -0.2) is 0 Å². The molecular formula is C16H18BrClN2O. The Morgan fingerprint density at radius 2 is 1.95 bits per heavy atom. The molecule has 0 saturated carbocycles. The van der Waals surface area contributed by atoms with Crippen molar-refractivity contribution in [2.45, 2.75) is 32.9 Å². The number of hydrogen-bond acceptors (Lipinski definition) is 1. The van der Waals surface area contributed by atoms with Crippen LogP contribution in [-0.2, 0) is 0 Å². The molecule has 1 heterocycles. The van der Waals surface area contributed by atoms with Crippen LogP contribution in [0.15, 0.2) is 41.0 Å². The van der Waals surface area contributed by atoms with Crippen molar-refractivity contribution in [1.82, 2.24) is 9.88 Å². The highest BCUT2D eigenvalue weighted by molar-refractivity contribution is 9.10. The van der Waals surface area contributed by atoms with Crippen LogP contribution in [0.2, 0.25) is 5.02 Å². The second-order valence-electron chi connectivity index (χ2n) is 5.26. The van der Waals surface area contributed by atoms with Gasteiger partial charge < -0.3 is 9.88 Å². The Morgan fingerprint density at radius 1 is 1.29 bits per heavy atom. The number of amides is 1. The molecule has 1 atom stereocenters. The van der Waals surface area contributed by atoms with Gasteiger partial charge in [-0.1, -0.05) is 29.8 Å². The molecule has 0 fully saturated rings. The van der Waals surface area contributed by atoms with E-state index in [1.807, 2.05) is 61.9 Å². The molecule has 112 valence electrons. The summed E-state index contributed by atoms with van der Waals surface area (Å²) in [5.41, 5.74) is 1.55. The molecule has 2 rings (SSSR count). The summed E-state index contributed by atoms with van der Waals surface area (Å²) in [5.74, 6) is -0.109. The zero-order valence-corrected chi connectivity index (χ0v) is 14.6. The molecule has 21 heavy (non-hydrogen) atoms. The summed E-state index contributed by atoms with van der Waals surface area (Å²) >= 11 is 9.59. The molecule has 1 unspecified atom stereocenters. The van der Waals surface area contributed by atoms with Crippen molar-refractivity contribution in [2.24, 2.45) is 0 Å². The second-order valence-corrected chi connectivity index (χ2v) is 6.58. The number of carbonyl (C=O) groups excluding carboxylic acids is 1. The number of rotatable bonds is 4. The van der Waals surface area contributed by atoms with Crippen LogP contribution in [-0.4, -0.2) is 10.5 Å². The van der Waals surface area contributed by atoms with E-state index in [1.54, 1.807) is 0 Å². The smallest absolute Gasteiger partial charge is 0.268 e. The van der Waals surface area contributed by atoms with E-state index in [9.17, 15) is 4.79 Å². The summed E-state index contributed by atoms with van der Waals surface area (Å²) in [6, 6.07) is 9.43. The molecule has 0 aliphatic carbocycles. The Balaban J connectivity index is 2.20. The number of benzene rings is 1. The van der Waals surface area contributed by atoms with Crippen LogP contribution in [0.3, 0.4) is 0 Å². The van der Waals surface area contributed by atoms with Crippen molar-refractivity contribution >= 4 is 33.4 Å². The molecule has 1 aromatic carbocycles. The number of nitrogens with one attached hydrogen (secondary N) is 1. The predicted octanol–water partition coefficient (Wildman–Crippen LogP) is 4.98. The standard InChI is InChI=1S/C16H18BrClN2O/c1-10(2)20-9-12(17)8-15(20)16(21)19-11(3)13-6-4-5-7-14(13)18/h4-11H,1-3H3,(H,19,21). The Hall–Kier alpha value is -1.26. The third kappa shape index (κ3) is 3.69. The van der Waals surface area contributed by atoms with E-state index in [1.165, 1.54) is 0 Å². The maximum atomic E-state index is 12.5. The molecule has 0 spiro atoms. The van der Waals surface area contributed by atoms with E-state index >= 15 is 0 Å². The minimum atomic E-state index is -0.152. The third-order valence-corrected chi connectivity index (χ3v) is 4.10. The fourth-order valence-electron chi connectivity index (χ4n) is 2.23. The summed E-state index contributed by atoms with van der Waals surface area (Å²) < 4.78 is 2.84. The maximum absolute atomic E-state index is 12.5. The van der Waals surface area contributed by atoms with E-state index < -0.39 is 0 Å². The van der Waals surface area contributed by atoms with Gasteiger partial charge >= 0.3 is 0 Å². The fourth-order valence-corrected chi connectivity index (χ4v) is 2.97. The van der Waals surface area contributed by atoms with Crippen molar-refractivity contribution in [3.05, 3.63) is 57.3 Å². The van der Waals surface area contributed by atoms with Gasteiger partial charge in [0.05, 0.1) is 6.04 Å². The summed E-state index contributed by atoms with van der Waals surface area (Å²) in [7, 11) is 0. The van der Waals surface area contributed by atoms with Gasteiger partial charge in [0.2, 0.25) is 0 Å². The third-order valence-electron chi connectivity index (χ3n) is 3.32. The maximum Gasteiger partial charge on any atom is 0.268 e. The number of aromatic nitrogens is 1. The van der Waals surface area contributed by atoms with Crippen LogP contribution < -0.4 is 5.32 Å². The first kappa shape index (κ1) is 16.1. The molecule has 0 saturated heterocycles. The normalized spacial score (nSPS) is 12.5. The van der Waals surface area contributed by atoms with Crippen LogP contribution >= 0.6 is 27.5 Å². The van der Waals surface area contributed by atoms with E-state index in [4.69, 9.17) is 11.6 Å². The molecule has 5 heteroatoms. The molecule has 0 bridgehead atoms. The first-order valence-corrected chi connectivity index (χ1v) is 8.00. The Kier molecular flexibility index (Phi) is 5.12. The lowest BCUT2D eigenvalue weighted by atomic mass is 10.1. The average molecular weight is 370 g/mol. The van der Waals surface area contributed by atoms with E-state index in [2.05, 4.69) is 21.2 Å². The van der Waals surface area contributed by atoms with Gasteiger partial charge in [-0.2, -0.15) is 0 Å². The van der Waals surface area contributed by atoms with Crippen LogP contribution in [0, 0.1) is 0 Å². The highest BCUT2D eigenvalue weighted by atomic mass is 79.9. The Labute approximate surface area is 138 Å². The summed E-state index contributed by atoms with van der Waals surface area (Å²) in [5, 5.41) is 3.65. The number of carbonyl (C=O) groups is 1. The predicted molar refractivity (Wildman–Crippen MR) is 89.9 cm³/mol. The van der Waals surface area contributed by atoms with Crippen LogP contribution in [0.25, 0.3) is 0 Å². The van der Waals surface area contributed by atoms with Crippen LogP contribution in [0.5, 0.6) is 0 Å². The molecule has 0 aliphatic rings. The van der Waals surface area contributed by atoms with Crippen molar-refractivity contribution in [2.75, 3.05) is 0 Å². The van der Waals surface area contributed by atoms with Crippen molar-refractivity contribution in [1.29, 1.82) is 0 Å². The van der Waals surface area contributed by atoms with E-state index in [0.29, 0.717) is 10.7 Å². The van der Waals surface area contributed by atoms with Gasteiger partial charge in [-0.05, 0) is 54.4 Å². The number of hydrogen-bond donors (Lipinski definition) is 1. The average Bonchev–Trinajstić information content (AvgIpc) is 2.81. The minimum Gasteiger partial charge on any atom is -0.344 e. The molecular weight excluding hydrogens is 352 g/mol. The topological polar surface area (TPSA) is 34.0 Å². The van der Waals surface area contributed by atoms with Crippen molar-refractivity contribution in [3.8, 4) is 0 Å². The van der Waals surface area contributed by atoms with E-state index in [-0.39, 0.29) is 18.0 Å². The molecule has 0 radical (unpaired) electrons. The minimum absolute atomic E-state index is 0.109. The first-order chi connectivity index (χ1) is 9.90. The van der Waals surface area contributed by atoms with Crippen LogP contribution in [0.4, 0.5) is 0 Å². The lowest BCUT2D eigenvalue weighted by Crippen LogP contribution is -2.29. The first-order valence-electron chi connectivity index (χ1n) is 6.82. The van der Waals surface area contributed by atoms with Gasteiger partial charge in [-0.3, -0.25) is 4.79 Å². The van der Waals surface area contributed by atoms with Gasteiger partial charge in [0.15, 0.2) is 0 Å². The molecule has 1 aromatic heterocycles. The zero-order valence-electron chi connectivity index (χ0n) is 12.2. The number of halogens is 2. The SMILES string of the molecule is CC(NC(=O)c1cc(Br)cn1C(C)C)c1ccccc1Cl. The molecule has 1 N–H and O–H groups in total. The summed E-state index contributed by atoms with van der Waals surface area (Å²) in [4.78, 5) is 12.5. The van der Waals surface area contributed by atoms with Crippen molar-refractivity contribution in [3.63, 3.8) is 0 Å². The molecule has 2 aromatic rings. The van der Waals surface area contributed by atoms with Gasteiger partial charge in [0.25, 0.3) is 5.91 Å². The molecule has 0 aliphatic heterocycles. The van der Waals surface area contributed by atoms with Crippen molar-refractivity contribution < 1.29 is 4.79 Å². The van der Waals surface area contributed by atoms with Gasteiger partial charge in [-0.15, -0.1) is 0 Å². The highest BCUT2D eigenvalue weighted by Gasteiger charge is 2.18. The van der Waals surface area contributed by atoms with Crippen LogP contribution in [0.1, 0.15) is 48.9 Å². The second kappa shape index (κ2) is 6.67. The highest BCUT2D eigenvalue weighted by Crippen LogP contribution is 2.24. The summed E-state index contributed by atoms with van der Waals surface area (Å²) in [6.45, 7) is 6.01. The lowest BCUT2D eigenvalue weighted by Gasteiger charge is -2.17. The largest absolute Gasteiger partial charge is 0.344 e. The van der Waals surface area contributed by atoms with E-state index in [0.717, 1.165) is 10.0 Å². The van der Waals surface area contributed by atoms with Gasteiger partial charge in [0, 0.05) is 21.7 Å². The quantitative estimate of drug-likeness (QED) is 0.810.